The summed E-state index contributed by atoms with van der Waals surface area (Å²) in [6.07, 6.45) is 0. The molecule has 0 fully saturated rings. The number of fused-ring (bicyclic) bond motifs is 3. The van der Waals surface area contributed by atoms with Gasteiger partial charge in [0.25, 0.3) is 5.91 Å². The van der Waals surface area contributed by atoms with Crippen molar-refractivity contribution in [2.75, 3.05) is 0 Å². The number of aromatic nitrogens is 2. The molecule has 0 spiro atoms. The van der Waals surface area contributed by atoms with Crippen LogP contribution in [0, 0.1) is 11.6 Å². The van der Waals surface area contributed by atoms with Crippen molar-refractivity contribution < 1.29 is 18.3 Å². The van der Waals surface area contributed by atoms with Crippen molar-refractivity contribution in [2.45, 2.75) is 19.4 Å². The molecule has 0 saturated heterocycles. The topological polar surface area (TPSA) is 70.1 Å². The Balaban J connectivity index is 0.00000210. The van der Waals surface area contributed by atoms with Crippen molar-refractivity contribution in [1.29, 1.82) is 0 Å². The van der Waals surface area contributed by atoms with Crippen LogP contribution in [0.3, 0.4) is 0 Å². The predicted molar refractivity (Wildman–Crippen MR) is 98.3 cm³/mol. The van der Waals surface area contributed by atoms with Crippen molar-refractivity contribution in [1.82, 2.24) is 9.78 Å². The normalized spacial score (nSPS) is 13.8. The van der Waals surface area contributed by atoms with Gasteiger partial charge in [-0.2, -0.15) is 5.10 Å². The van der Waals surface area contributed by atoms with Gasteiger partial charge in [-0.3, -0.25) is 4.79 Å². The van der Waals surface area contributed by atoms with Crippen LogP contribution in [0.5, 0.6) is 5.75 Å². The largest absolute Gasteiger partial charge is 0.482 e. The Morgan fingerprint density at radius 2 is 1.89 bits per heavy atom. The summed E-state index contributed by atoms with van der Waals surface area (Å²) in [6, 6.07) is 10.3. The average molecular weight is 392 g/mol. The van der Waals surface area contributed by atoms with E-state index in [9.17, 15) is 13.6 Å². The summed E-state index contributed by atoms with van der Waals surface area (Å²) < 4.78 is 35.1. The zero-order valence-electron chi connectivity index (χ0n) is 14.5. The predicted octanol–water partition coefficient (Wildman–Crippen LogP) is 3.97. The smallest absolute Gasteiger partial charge is 0.269 e. The van der Waals surface area contributed by atoms with E-state index in [0.717, 1.165) is 12.1 Å². The number of rotatable bonds is 2. The molecule has 2 heterocycles. The second kappa shape index (κ2) is 6.35. The van der Waals surface area contributed by atoms with Crippen molar-refractivity contribution in [3.8, 4) is 22.7 Å². The summed E-state index contributed by atoms with van der Waals surface area (Å²) in [5.41, 5.74) is 6.21. The first-order valence-electron chi connectivity index (χ1n) is 7.97. The average Bonchev–Trinajstić information content (AvgIpc) is 2.96. The van der Waals surface area contributed by atoms with E-state index < -0.39 is 23.1 Å². The molecule has 0 saturated carbocycles. The lowest BCUT2D eigenvalue weighted by atomic mass is 9.89. The highest BCUT2D eigenvalue weighted by Crippen LogP contribution is 2.47. The standard InChI is InChI=1S/C19H15F2N3O2.ClH/c1-19(2)15-16(18(22)25)23-24(13-8-7-10(20)9-12(13)21)17(15)11-5-3-4-6-14(11)26-19;/h3-9H,1-2H3,(H2,22,25);1H. The fourth-order valence-electron chi connectivity index (χ4n) is 3.31. The first kappa shape index (κ1) is 18.8. The molecule has 1 aromatic heterocycles. The maximum Gasteiger partial charge on any atom is 0.269 e. The van der Waals surface area contributed by atoms with E-state index >= 15 is 0 Å². The van der Waals surface area contributed by atoms with Gasteiger partial charge in [0.15, 0.2) is 11.5 Å². The molecular weight excluding hydrogens is 376 g/mol. The van der Waals surface area contributed by atoms with Crippen LogP contribution in [0.4, 0.5) is 8.78 Å². The fourth-order valence-corrected chi connectivity index (χ4v) is 3.31. The minimum Gasteiger partial charge on any atom is -0.482 e. The minimum absolute atomic E-state index is 0. The van der Waals surface area contributed by atoms with E-state index in [1.807, 2.05) is 6.07 Å². The van der Waals surface area contributed by atoms with E-state index in [0.29, 0.717) is 22.6 Å². The number of carbonyl (C=O) groups is 1. The lowest BCUT2D eigenvalue weighted by molar-refractivity contribution is 0.0935. The van der Waals surface area contributed by atoms with Gasteiger partial charge in [0.2, 0.25) is 0 Å². The summed E-state index contributed by atoms with van der Waals surface area (Å²) >= 11 is 0. The van der Waals surface area contributed by atoms with Gasteiger partial charge in [-0.25, -0.2) is 13.5 Å². The van der Waals surface area contributed by atoms with Gasteiger partial charge in [-0.15, -0.1) is 12.4 Å². The number of carbonyl (C=O) groups excluding carboxylic acids is 1. The number of hydrogen-bond donors (Lipinski definition) is 1. The van der Waals surface area contributed by atoms with Crippen LogP contribution in [0.2, 0.25) is 0 Å². The van der Waals surface area contributed by atoms with Crippen LogP contribution >= 0.6 is 12.4 Å². The molecule has 3 aromatic rings. The van der Waals surface area contributed by atoms with E-state index in [2.05, 4.69) is 5.10 Å². The second-order valence-electron chi connectivity index (χ2n) is 6.55. The Bertz CT molecular complexity index is 1060. The highest BCUT2D eigenvalue weighted by Gasteiger charge is 2.40. The monoisotopic (exact) mass is 391 g/mol. The molecule has 0 atom stereocenters. The molecule has 4 rings (SSSR count). The van der Waals surface area contributed by atoms with Crippen LogP contribution in [-0.2, 0) is 5.60 Å². The van der Waals surface area contributed by atoms with Gasteiger partial charge in [-0.05, 0) is 38.1 Å². The zero-order chi connectivity index (χ0) is 18.6. The van der Waals surface area contributed by atoms with Gasteiger partial charge in [-0.1, -0.05) is 12.1 Å². The Labute approximate surface area is 160 Å². The number of amides is 1. The molecule has 0 aliphatic carbocycles. The number of hydrogen-bond acceptors (Lipinski definition) is 3. The molecule has 140 valence electrons. The second-order valence-corrected chi connectivity index (χ2v) is 6.55. The molecular formula is C19H16ClF2N3O2. The first-order chi connectivity index (χ1) is 12.3. The third-order valence-electron chi connectivity index (χ3n) is 4.37. The molecule has 2 aromatic carbocycles. The third-order valence-corrected chi connectivity index (χ3v) is 4.37. The summed E-state index contributed by atoms with van der Waals surface area (Å²) in [4.78, 5) is 12.0. The molecule has 0 radical (unpaired) electrons. The van der Waals surface area contributed by atoms with Gasteiger partial charge >= 0.3 is 0 Å². The van der Waals surface area contributed by atoms with Crippen molar-refractivity contribution in [2.24, 2.45) is 5.73 Å². The Kier molecular flexibility index (Phi) is 4.43. The van der Waals surface area contributed by atoms with Crippen LogP contribution in [-0.4, -0.2) is 15.7 Å². The Hall–Kier alpha value is -2.93. The Morgan fingerprint density at radius 1 is 1.19 bits per heavy atom. The van der Waals surface area contributed by atoms with E-state index in [4.69, 9.17) is 10.5 Å². The SMILES string of the molecule is CC1(C)Oc2ccccc2-c2c1c(C(N)=O)nn2-c1ccc(F)cc1F.Cl. The van der Waals surface area contributed by atoms with Crippen molar-refractivity contribution in [3.05, 3.63) is 65.4 Å². The molecule has 0 bridgehead atoms. The molecule has 5 nitrogen and oxygen atoms in total. The summed E-state index contributed by atoms with van der Waals surface area (Å²) in [5, 5.41) is 4.25. The third kappa shape index (κ3) is 2.84. The van der Waals surface area contributed by atoms with Crippen LogP contribution in [0.1, 0.15) is 29.9 Å². The number of para-hydroxylation sites is 1. The first-order valence-corrected chi connectivity index (χ1v) is 7.97. The summed E-state index contributed by atoms with van der Waals surface area (Å²) in [7, 11) is 0. The van der Waals surface area contributed by atoms with Crippen LogP contribution < -0.4 is 10.5 Å². The maximum atomic E-state index is 14.4. The van der Waals surface area contributed by atoms with E-state index in [-0.39, 0.29) is 23.8 Å². The van der Waals surface area contributed by atoms with Gasteiger partial charge in [0.05, 0.1) is 11.3 Å². The van der Waals surface area contributed by atoms with Gasteiger partial charge in [0.1, 0.15) is 22.9 Å². The molecule has 27 heavy (non-hydrogen) atoms. The number of benzene rings is 2. The zero-order valence-corrected chi connectivity index (χ0v) is 15.3. The highest BCUT2D eigenvalue weighted by molar-refractivity contribution is 5.96. The molecule has 8 heteroatoms. The van der Waals surface area contributed by atoms with E-state index in [1.165, 1.54) is 10.7 Å². The number of ether oxygens (including phenoxy) is 1. The quantitative estimate of drug-likeness (QED) is 0.718. The molecule has 0 unspecified atom stereocenters. The maximum absolute atomic E-state index is 14.4. The van der Waals surface area contributed by atoms with Gasteiger partial charge in [0, 0.05) is 11.6 Å². The number of primary amides is 1. The number of nitrogens with zero attached hydrogens (tertiary/aromatic N) is 2. The Morgan fingerprint density at radius 3 is 2.56 bits per heavy atom. The lowest BCUT2D eigenvalue weighted by Gasteiger charge is -2.33. The van der Waals surface area contributed by atoms with Crippen LogP contribution in [0.15, 0.2) is 42.5 Å². The fraction of sp³-hybridized carbons (Fsp3) is 0.158. The molecule has 1 amide bonds. The van der Waals surface area contributed by atoms with Crippen molar-refractivity contribution in [3.63, 3.8) is 0 Å². The number of halogens is 3. The van der Waals surface area contributed by atoms with E-state index in [1.54, 1.807) is 32.0 Å². The minimum atomic E-state index is -0.914. The molecule has 1 aliphatic rings. The van der Waals surface area contributed by atoms with Crippen LogP contribution in [0.25, 0.3) is 16.9 Å². The lowest BCUT2D eigenvalue weighted by Crippen LogP contribution is -2.31. The number of nitrogens with two attached hydrogens (primary N) is 1. The molecule has 2 N–H and O–H groups in total. The summed E-state index contributed by atoms with van der Waals surface area (Å²) in [6.45, 7) is 3.56. The van der Waals surface area contributed by atoms with Gasteiger partial charge < -0.3 is 10.5 Å². The molecule has 1 aliphatic heterocycles. The van der Waals surface area contributed by atoms with Crippen molar-refractivity contribution >= 4 is 18.3 Å². The summed E-state index contributed by atoms with van der Waals surface area (Å²) in [5.74, 6) is -1.68. The highest BCUT2D eigenvalue weighted by atomic mass is 35.5.